The topological polar surface area (TPSA) is 115 Å². The number of aliphatic hydroxyl groups is 1. The number of aromatic nitrogens is 3. The molecule has 1 aliphatic heterocycles. The van der Waals surface area contributed by atoms with Crippen LogP contribution in [0, 0.1) is 0 Å². The summed E-state index contributed by atoms with van der Waals surface area (Å²) >= 11 is 0. The van der Waals surface area contributed by atoms with E-state index in [0.29, 0.717) is 6.07 Å². The van der Waals surface area contributed by atoms with Gasteiger partial charge >= 0.3 is 12.4 Å². The molecule has 0 saturated heterocycles. The summed E-state index contributed by atoms with van der Waals surface area (Å²) in [6.45, 7) is 0. The molecule has 2 aromatic rings. The Hall–Kier alpha value is -2.22. The number of pyridine rings is 1. The first kappa shape index (κ1) is 22.5. The second-order valence-electron chi connectivity index (χ2n) is 6.76. The van der Waals surface area contributed by atoms with Crippen LogP contribution in [0.1, 0.15) is 43.6 Å². The van der Waals surface area contributed by atoms with Crippen LogP contribution in [0.4, 0.5) is 32.0 Å². The van der Waals surface area contributed by atoms with Crippen molar-refractivity contribution in [1.29, 1.82) is 0 Å². The van der Waals surface area contributed by atoms with Crippen LogP contribution < -0.4 is 5.73 Å². The average molecular weight is 458 g/mol. The molecule has 0 saturated carbocycles. The van der Waals surface area contributed by atoms with E-state index in [1.807, 2.05) is 0 Å². The summed E-state index contributed by atoms with van der Waals surface area (Å²) in [5.74, 6) is -2.09. The van der Waals surface area contributed by atoms with Gasteiger partial charge in [0.2, 0.25) is 5.60 Å². The van der Waals surface area contributed by atoms with E-state index in [2.05, 4.69) is 15.2 Å². The van der Waals surface area contributed by atoms with Gasteiger partial charge in [0.05, 0.1) is 22.1 Å². The maximum Gasteiger partial charge on any atom is 0.426 e. The van der Waals surface area contributed by atoms with Crippen LogP contribution >= 0.6 is 0 Å². The van der Waals surface area contributed by atoms with Gasteiger partial charge in [-0.3, -0.25) is 4.21 Å². The Balaban J connectivity index is 2.20. The van der Waals surface area contributed by atoms with Crippen LogP contribution in [0.3, 0.4) is 0 Å². The van der Waals surface area contributed by atoms with Crippen molar-refractivity contribution in [2.24, 2.45) is 0 Å². The van der Waals surface area contributed by atoms with Crippen molar-refractivity contribution in [1.82, 2.24) is 15.2 Å². The summed E-state index contributed by atoms with van der Waals surface area (Å²) in [7, 11) is -2.15. The molecule has 3 heterocycles. The molecule has 0 spiro atoms. The molecule has 3 N–H and O–H groups in total. The molecule has 1 aliphatic rings. The lowest BCUT2D eigenvalue weighted by atomic mass is 9.95. The molecule has 3 rings (SSSR count). The van der Waals surface area contributed by atoms with Crippen molar-refractivity contribution in [2.75, 3.05) is 11.5 Å². The molecule has 30 heavy (non-hydrogen) atoms. The summed E-state index contributed by atoms with van der Waals surface area (Å²) < 4.78 is 98.1. The van der Waals surface area contributed by atoms with Gasteiger partial charge < -0.3 is 15.3 Å². The number of hydrogen-bond acceptors (Lipinski definition) is 7. The molecular formula is C16H16F6N4O3S. The number of nitrogen functional groups attached to an aromatic ring is 1. The van der Waals surface area contributed by atoms with Crippen LogP contribution in [0.5, 0.6) is 0 Å². The lowest BCUT2D eigenvalue weighted by Crippen LogP contribution is -2.42. The molecule has 166 valence electrons. The first-order chi connectivity index (χ1) is 13.8. The molecule has 0 aliphatic carbocycles. The zero-order valence-corrected chi connectivity index (χ0v) is 16.0. The Kier molecular flexibility index (Phi) is 5.84. The van der Waals surface area contributed by atoms with Crippen molar-refractivity contribution < 1.29 is 40.1 Å². The van der Waals surface area contributed by atoms with Crippen molar-refractivity contribution in [3.63, 3.8) is 0 Å². The van der Waals surface area contributed by atoms with Gasteiger partial charge in [-0.2, -0.15) is 26.3 Å². The smallest absolute Gasteiger partial charge is 0.416 e. The molecule has 4 bridgehead atoms. The second kappa shape index (κ2) is 7.80. The molecule has 0 aromatic carbocycles. The fourth-order valence-electron chi connectivity index (χ4n) is 2.98. The lowest BCUT2D eigenvalue weighted by Gasteiger charge is -2.26. The summed E-state index contributed by atoms with van der Waals surface area (Å²) in [4.78, 5) is 3.66. The molecule has 0 amide bonds. The summed E-state index contributed by atoms with van der Waals surface area (Å²) in [6, 6.07) is 0.473. The molecule has 2 atom stereocenters. The van der Waals surface area contributed by atoms with Crippen molar-refractivity contribution in [2.45, 2.75) is 55.1 Å². The standard InChI is InChI=1S/C16H16F6N4O3S/c17-15(18,19)8-7-9(23)10-11-25-26-13(29-11)14(27,16(20,21)22)5-3-1-2-4-6-30(28)12(8)24-10/h7,27H,1-6,23H2. The molecule has 14 heteroatoms. The highest BCUT2D eigenvalue weighted by atomic mass is 32.2. The first-order valence-electron chi connectivity index (χ1n) is 8.74. The van der Waals surface area contributed by atoms with E-state index in [1.54, 1.807) is 0 Å². The Morgan fingerprint density at radius 1 is 1.10 bits per heavy atom. The zero-order valence-electron chi connectivity index (χ0n) is 15.2. The average Bonchev–Trinajstić information content (AvgIpc) is 3.11. The van der Waals surface area contributed by atoms with Crippen LogP contribution in [-0.2, 0) is 22.6 Å². The van der Waals surface area contributed by atoms with Crippen LogP contribution in [0.2, 0.25) is 0 Å². The molecule has 7 nitrogen and oxygen atoms in total. The van der Waals surface area contributed by atoms with Crippen LogP contribution in [-0.4, -0.2) is 36.4 Å². The summed E-state index contributed by atoms with van der Waals surface area (Å²) in [5.41, 5.74) is -0.321. The fraction of sp³-hybridized carbons (Fsp3) is 0.562. The Bertz CT molecular complexity index is 961. The predicted molar refractivity (Wildman–Crippen MR) is 91.3 cm³/mol. The van der Waals surface area contributed by atoms with E-state index in [9.17, 15) is 35.7 Å². The number of nitrogens with zero attached hydrogens (tertiary/aromatic N) is 3. The van der Waals surface area contributed by atoms with E-state index in [1.165, 1.54) is 0 Å². The Labute approximate surface area is 168 Å². The number of halogens is 6. The van der Waals surface area contributed by atoms with E-state index in [0.717, 1.165) is 0 Å². The van der Waals surface area contributed by atoms with Gasteiger partial charge in [-0.1, -0.05) is 12.8 Å². The van der Waals surface area contributed by atoms with Gasteiger partial charge in [0.25, 0.3) is 11.8 Å². The van der Waals surface area contributed by atoms with Gasteiger partial charge in [0.15, 0.2) is 5.69 Å². The van der Waals surface area contributed by atoms with E-state index in [4.69, 9.17) is 10.2 Å². The van der Waals surface area contributed by atoms with E-state index in [-0.39, 0.29) is 31.4 Å². The zero-order chi connectivity index (χ0) is 22.3. The van der Waals surface area contributed by atoms with Crippen molar-refractivity contribution in [3.8, 4) is 11.6 Å². The monoisotopic (exact) mass is 458 g/mol. The fourth-order valence-corrected chi connectivity index (χ4v) is 4.25. The quantitative estimate of drug-likeness (QED) is 0.580. The molecular weight excluding hydrogens is 442 g/mol. The van der Waals surface area contributed by atoms with Gasteiger partial charge in [0, 0.05) is 5.75 Å². The first-order valence-corrected chi connectivity index (χ1v) is 10.1. The summed E-state index contributed by atoms with van der Waals surface area (Å²) in [6.07, 6.45) is -10.2. The van der Waals surface area contributed by atoms with Gasteiger partial charge in [-0.25, -0.2) is 4.98 Å². The third-order valence-corrected chi connectivity index (χ3v) is 6.01. The molecule has 0 fully saturated rings. The van der Waals surface area contributed by atoms with Crippen molar-refractivity contribution in [3.05, 3.63) is 17.5 Å². The minimum Gasteiger partial charge on any atom is -0.416 e. The largest absolute Gasteiger partial charge is 0.426 e. The maximum atomic E-state index is 13.5. The third kappa shape index (κ3) is 4.15. The van der Waals surface area contributed by atoms with Gasteiger partial charge in [-0.05, 0) is 25.3 Å². The summed E-state index contributed by atoms with van der Waals surface area (Å²) in [5, 5.41) is 16.0. The van der Waals surface area contributed by atoms with Crippen molar-refractivity contribution >= 4 is 16.5 Å². The number of nitrogens with two attached hydrogens (primary N) is 1. The van der Waals surface area contributed by atoms with E-state index >= 15 is 0 Å². The van der Waals surface area contributed by atoms with Gasteiger partial charge in [-0.15, -0.1) is 10.2 Å². The third-order valence-electron chi connectivity index (χ3n) is 4.61. The highest BCUT2D eigenvalue weighted by Gasteiger charge is 2.58. The number of hydrogen-bond donors (Lipinski definition) is 2. The van der Waals surface area contributed by atoms with Gasteiger partial charge in [0.1, 0.15) is 5.03 Å². The second-order valence-corrected chi connectivity index (χ2v) is 8.25. The Morgan fingerprint density at radius 3 is 2.40 bits per heavy atom. The highest BCUT2D eigenvalue weighted by molar-refractivity contribution is 7.85. The highest BCUT2D eigenvalue weighted by Crippen LogP contribution is 2.43. The predicted octanol–water partition coefficient (Wildman–Crippen LogP) is 3.55. The number of alkyl halides is 6. The van der Waals surface area contributed by atoms with E-state index < -0.39 is 68.9 Å². The normalized spacial score (nSPS) is 23.8. The maximum absolute atomic E-state index is 13.5. The minimum atomic E-state index is -5.14. The molecule has 2 unspecified atom stereocenters. The molecule has 0 radical (unpaired) electrons. The molecule has 2 aromatic heterocycles. The number of fused-ring (bicyclic) bond motifs is 5. The lowest BCUT2D eigenvalue weighted by molar-refractivity contribution is -0.277. The van der Waals surface area contributed by atoms with Crippen LogP contribution in [0.25, 0.3) is 11.6 Å². The number of anilines is 1. The minimum absolute atomic E-state index is 0.0835. The van der Waals surface area contributed by atoms with Crippen LogP contribution in [0.15, 0.2) is 15.5 Å². The Morgan fingerprint density at radius 2 is 1.77 bits per heavy atom. The SMILES string of the molecule is Nc1cc(C(F)(F)F)c2nc1-c1nnc(o1)C(O)(C(F)(F)F)CCCCCCS2=O. The number of rotatable bonds is 0.